The van der Waals surface area contributed by atoms with E-state index < -0.39 is 0 Å². The number of aliphatic hydroxyl groups is 1. The summed E-state index contributed by atoms with van der Waals surface area (Å²) in [4.78, 5) is 27.3. The Bertz CT molecular complexity index is 327. The number of piperidine rings is 1. The molecule has 6 heteroatoms. The lowest BCUT2D eigenvalue weighted by molar-refractivity contribution is -0.141. The van der Waals surface area contributed by atoms with Crippen molar-refractivity contribution in [3.8, 4) is 0 Å². The van der Waals surface area contributed by atoms with Crippen LogP contribution in [-0.2, 0) is 9.59 Å². The number of rotatable bonds is 2. The van der Waals surface area contributed by atoms with Crippen molar-refractivity contribution in [3.63, 3.8) is 0 Å². The van der Waals surface area contributed by atoms with Crippen LogP contribution >= 0.6 is 0 Å². The fourth-order valence-electron chi connectivity index (χ4n) is 2.45. The second-order valence-electron chi connectivity index (χ2n) is 5.08. The Hall–Kier alpha value is -1.14. The Morgan fingerprint density at radius 1 is 1.39 bits per heavy atom. The minimum atomic E-state index is -0.386. The molecule has 2 rings (SSSR count). The Labute approximate surface area is 107 Å². The minimum absolute atomic E-state index is 0.00282. The number of hydrogen-bond acceptors (Lipinski definition) is 4. The number of amides is 2. The van der Waals surface area contributed by atoms with Gasteiger partial charge in [0.1, 0.15) is 0 Å². The standard InChI is InChI=1S/C12H21N3O3/c1-14-7-4-13-10(12(14)18)8-11(17)15-5-2-9(16)3-6-15/h9-10,13,16H,2-8H2,1H3. The zero-order valence-corrected chi connectivity index (χ0v) is 10.8. The van der Waals surface area contributed by atoms with Crippen LogP contribution in [0.5, 0.6) is 0 Å². The van der Waals surface area contributed by atoms with E-state index in [-0.39, 0.29) is 30.4 Å². The molecule has 2 fully saturated rings. The molecule has 0 spiro atoms. The van der Waals surface area contributed by atoms with Crippen molar-refractivity contribution in [2.45, 2.75) is 31.4 Å². The molecule has 2 aliphatic heterocycles. The lowest BCUT2D eigenvalue weighted by Gasteiger charge is -2.33. The number of hydrogen-bond donors (Lipinski definition) is 2. The van der Waals surface area contributed by atoms with Crippen molar-refractivity contribution in [1.29, 1.82) is 0 Å². The molecule has 0 aromatic heterocycles. The van der Waals surface area contributed by atoms with Gasteiger partial charge < -0.3 is 20.2 Å². The van der Waals surface area contributed by atoms with E-state index in [0.29, 0.717) is 32.5 Å². The summed E-state index contributed by atoms with van der Waals surface area (Å²) in [5.74, 6) is -0.00491. The second kappa shape index (κ2) is 5.67. The summed E-state index contributed by atoms with van der Waals surface area (Å²) in [7, 11) is 1.76. The molecule has 0 aromatic rings. The zero-order valence-electron chi connectivity index (χ0n) is 10.8. The number of likely N-dealkylation sites (N-methyl/N-ethyl adjacent to an activating group) is 1. The Kier molecular flexibility index (Phi) is 4.19. The third-order valence-electron chi connectivity index (χ3n) is 3.71. The quantitative estimate of drug-likeness (QED) is 0.649. The van der Waals surface area contributed by atoms with Crippen molar-refractivity contribution in [3.05, 3.63) is 0 Å². The molecule has 0 bridgehead atoms. The molecule has 0 aromatic carbocycles. The summed E-state index contributed by atoms with van der Waals surface area (Å²) in [6, 6.07) is -0.386. The summed E-state index contributed by atoms with van der Waals surface area (Å²) in [6.45, 7) is 2.62. The average Bonchev–Trinajstić information content (AvgIpc) is 2.36. The first-order valence-electron chi connectivity index (χ1n) is 6.52. The molecule has 2 N–H and O–H groups in total. The molecule has 2 aliphatic rings. The topological polar surface area (TPSA) is 72.9 Å². The largest absolute Gasteiger partial charge is 0.393 e. The normalized spacial score (nSPS) is 26.6. The molecule has 2 saturated heterocycles. The van der Waals surface area contributed by atoms with Crippen LogP contribution in [0.3, 0.4) is 0 Å². The van der Waals surface area contributed by atoms with Crippen LogP contribution in [0.25, 0.3) is 0 Å². The molecule has 18 heavy (non-hydrogen) atoms. The number of likely N-dealkylation sites (tertiary alicyclic amines) is 1. The van der Waals surface area contributed by atoms with Crippen molar-refractivity contribution < 1.29 is 14.7 Å². The number of aliphatic hydroxyl groups excluding tert-OH is 1. The maximum Gasteiger partial charge on any atom is 0.240 e. The van der Waals surface area contributed by atoms with E-state index in [2.05, 4.69) is 5.32 Å². The Morgan fingerprint density at radius 2 is 2.06 bits per heavy atom. The monoisotopic (exact) mass is 255 g/mol. The van der Waals surface area contributed by atoms with Crippen LogP contribution in [0.4, 0.5) is 0 Å². The Morgan fingerprint density at radius 3 is 2.72 bits per heavy atom. The van der Waals surface area contributed by atoms with Gasteiger partial charge in [0.05, 0.1) is 18.6 Å². The number of nitrogens with one attached hydrogen (secondary N) is 1. The molecule has 1 unspecified atom stereocenters. The second-order valence-corrected chi connectivity index (χ2v) is 5.08. The van der Waals surface area contributed by atoms with Crippen LogP contribution in [0.15, 0.2) is 0 Å². The molecule has 2 amide bonds. The zero-order chi connectivity index (χ0) is 13.1. The van der Waals surface area contributed by atoms with Gasteiger partial charge in [-0.25, -0.2) is 0 Å². The van der Waals surface area contributed by atoms with E-state index in [1.807, 2.05) is 0 Å². The van der Waals surface area contributed by atoms with Gasteiger partial charge in [-0.2, -0.15) is 0 Å². The van der Waals surface area contributed by atoms with Gasteiger partial charge in [-0.3, -0.25) is 9.59 Å². The smallest absolute Gasteiger partial charge is 0.240 e. The summed E-state index contributed by atoms with van der Waals surface area (Å²) in [5.41, 5.74) is 0. The minimum Gasteiger partial charge on any atom is -0.393 e. The van der Waals surface area contributed by atoms with Crippen molar-refractivity contribution in [2.75, 3.05) is 33.2 Å². The van der Waals surface area contributed by atoms with Crippen molar-refractivity contribution in [1.82, 2.24) is 15.1 Å². The number of nitrogens with zero attached hydrogens (tertiary/aromatic N) is 2. The van der Waals surface area contributed by atoms with Crippen molar-refractivity contribution >= 4 is 11.8 Å². The highest BCUT2D eigenvalue weighted by Crippen LogP contribution is 2.13. The van der Waals surface area contributed by atoms with Gasteiger partial charge in [0, 0.05) is 33.2 Å². The predicted molar refractivity (Wildman–Crippen MR) is 65.9 cm³/mol. The third-order valence-corrected chi connectivity index (χ3v) is 3.71. The summed E-state index contributed by atoms with van der Waals surface area (Å²) >= 11 is 0. The van der Waals surface area contributed by atoms with E-state index in [0.717, 1.165) is 6.54 Å². The van der Waals surface area contributed by atoms with Crippen LogP contribution in [0.2, 0.25) is 0 Å². The molecule has 0 radical (unpaired) electrons. The van der Waals surface area contributed by atoms with E-state index in [1.165, 1.54) is 0 Å². The fourth-order valence-corrected chi connectivity index (χ4v) is 2.45. The number of carbonyl (C=O) groups is 2. The maximum atomic E-state index is 12.1. The first kappa shape index (κ1) is 13.3. The van der Waals surface area contributed by atoms with Crippen LogP contribution < -0.4 is 5.32 Å². The molecular formula is C12H21N3O3. The number of carbonyl (C=O) groups excluding carboxylic acids is 2. The molecule has 6 nitrogen and oxygen atoms in total. The van der Waals surface area contributed by atoms with Gasteiger partial charge in [-0.05, 0) is 12.8 Å². The highest BCUT2D eigenvalue weighted by Gasteiger charge is 2.30. The Balaban J connectivity index is 1.85. The molecule has 0 saturated carbocycles. The predicted octanol–water partition coefficient (Wildman–Crippen LogP) is -1.21. The van der Waals surface area contributed by atoms with Crippen molar-refractivity contribution in [2.24, 2.45) is 0 Å². The van der Waals surface area contributed by atoms with E-state index in [1.54, 1.807) is 16.8 Å². The van der Waals surface area contributed by atoms with E-state index in [9.17, 15) is 14.7 Å². The summed E-state index contributed by atoms with van der Waals surface area (Å²) < 4.78 is 0. The third kappa shape index (κ3) is 3.00. The molecular weight excluding hydrogens is 234 g/mol. The van der Waals surface area contributed by atoms with Crippen LogP contribution in [0, 0.1) is 0 Å². The lowest BCUT2D eigenvalue weighted by atomic mass is 10.1. The van der Waals surface area contributed by atoms with Gasteiger partial charge in [-0.1, -0.05) is 0 Å². The average molecular weight is 255 g/mol. The molecule has 102 valence electrons. The first-order chi connectivity index (χ1) is 8.58. The molecule has 2 heterocycles. The van der Waals surface area contributed by atoms with Gasteiger partial charge in [0.2, 0.25) is 11.8 Å². The molecule has 1 atom stereocenters. The van der Waals surface area contributed by atoms with Gasteiger partial charge >= 0.3 is 0 Å². The highest BCUT2D eigenvalue weighted by molar-refractivity contribution is 5.88. The first-order valence-corrected chi connectivity index (χ1v) is 6.52. The van der Waals surface area contributed by atoms with E-state index in [4.69, 9.17) is 0 Å². The fraction of sp³-hybridized carbons (Fsp3) is 0.833. The SMILES string of the molecule is CN1CCNC(CC(=O)N2CCC(O)CC2)C1=O. The van der Waals surface area contributed by atoms with Gasteiger partial charge in [0.15, 0.2) is 0 Å². The van der Waals surface area contributed by atoms with Crippen LogP contribution in [-0.4, -0.2) is 72.1 Å². The summed E-state index contributed by atoms with van der Waals surface area (Å²) in [6.07, 6.45) is 1.21. The lowest BCUT2D eigenvalue weighted by Crippen LogP contribution is -2.55. The molecule has 0 aliphatic carbocycles. The van der Waals surface area contributed by atoms with E-state index >= 15 is 0 Å². The highest BCUT2D eigenvalue weighted by atomic mass is 16.3. The van der Waals surface area contributed by atoms with Crippen LogP contribution in [0.1, 0.15) is 19.3 Å². The number of piperazine rings is 1. The maximum absolute atomic E-state index is 12.1. The van der Waals surface area contributed by atoms with Gasteiger partial charge in [0.25, 0.3) is 0 Å². The van der Waals surface area contributed by atoms with Gasteiger partial charge in [-0.15, -0.1) is 0 Å². The summed E-state index contributed by atoms with van der Waals surface area (Å²) in [5, 5.41) is 12.5.